The average molecular weight is 354 g/mol. The Morgan fingerprint density at radius 2 is 2.04 bits per heavy atom. The van der Waals surface area contributed by atoms with Crippen LogP contribution in [0.2, 0.25) is 0 Å². The Bertz CT molecular complexity index is 956. The molecule has 0 fully saturated rings. The highest BCUT2D eigenvalue weighted by atomic mass is 16.5. The van der Waals surface area contributed by atoms with Gasteiger partial charge in [-0.05, 0) is 44.9 Å². The fraction of sp³-hybridized carbons (Fsp3) is 0.316. The second-order valence-electron chi connectivity index (χ2n) is 6.31. The SMILES string of the molecule is Cc1cccc(OCc2c(C(=O)Nc3cn(C)nc3C)noc2C)c1C. The second-order valence-corrected chi connectivity index (χ2v) is 6.31. The van der Waals surface area contributed by atoms with E-state index in [4.69, 9.17) is 9.26 Å². The van der Waals surface area contributed by atoms with E-state index in [0.29, 0.717) is 17.0 Å². The van der Waals surface area contributed by atoms with E-state index >= 15 is 0 Å². The van der Waals surface area contributed by atoms with E-state index < -0.39 is 0 Å². The summed E-state index contributed by atoms with van der Waals surface area (Å²) in [5.41, 5.74) is 4.43. The van der Waals surface area contributed by atoms with Crippen LogP contribution in [0.25, 0.3) is 0 Å². The molecule has 2 heterocycles. The molecular formula is C19H22N4O3. The van der Waals surface area contributed by atoms with Gasteiger partial charge < -0.3 is 14.6 Å². The molecule has 1 amide bonds. The highest BCUT2D eigenvalue weighted by Crippen LogP contribution is 2.24. The first kappa shape index (κ1) is 17.7. The van der Waals surface area contributed by atoms with Gasteiger partial charge in [-0.15, -0.1) is 0 Å². The number of carbonyl (C=O) groups is 1. The Morgan fingerprint density at radius 3 is 2.73 bits per heavy atom. The van der Waals surface area contributed by atoms with Gasteiger partial charge >= 0.3 is 0 Å². The summed E-state index contributed by atoms with van der Waals surface area (Å²) in [4.78, 5) is 12.6. The molecule has 0 bridgehead atoms. The first-order chi connectivity index (χ1) is 12.4. The smallest absolute Gasteiger partial charge is 0.278 e. The van der Waals surface area contributed by atoms with Crippen molar-refractivity contribution in [3.05, 3.63) is 58.2 Å². The molecule has 7 nitrogen and oxygen atoms in total. The van der Waals surface area contributed by atoms with Gasteiger partial charge in [-0.1, -0.05) is 17.3 Å². The highest BCUT2D eigenvalue weighted by Gasteiger charge is 2.22. The van der Waals surface area contributed by atoms with Crippen LogP contribution in [-0.2, 0) is 13.7 Å². The summed E-state index contributed by atoms with van der Waals surface area (Å²) in [5.74, 6) is 0.987. The number of nitrogens with zero attached hydrogens (tertiary/aromatic N) is 3. The number of rotatable bonds is 5. The molecule has 1 N–H and O–H groups in total. The molecule has 0 spiro atoms. The molecule has 0 aliphatic rings. The van der Waals surface area contributed by atoms with Gasteiger partial charge in [-0.3, -0.25) is 9.48 Å². The maximum absolute atomic E-state index is 12.6. The zero-order chi connectivity index (χ0) is 18.8. The molecule has 1 aromatic carbocycles. The van der Waals surface area contributed by atoms with Crippen molar-refractivity contribution < 1.29 is 14.1 Å². The van der Waals surface area contributed by atoms with Crippen LogP contribution in [0.4, 0.5) is 5.69 Å². The number of hydrogen-bond donors (Lipinski definition) is 1. The van der Waals surface area contributed by atoms with Crippen LogP contribution < -0.4 is 10.1 Å². The number of ether oxygens (including phenoxy) is 1. The fourth-order valence-corrected chi connectivity index (χ4v) is 2.67. The third-order valence-electron chi connectivity index (χ3n) is 4.39. The van der Waals surface area contributed by atoms with Crippen LogP contribution in [0, 0.1) is 27.7 Å². The number of anilines is 1. The van der Waals surface area contributed by atoms with E-state index in [1.54, 1.807) is 24.9 Å². The number of hydrogen-bond acceptors (Lipinski definition) is 5. The van der Waals surface area contributed by atoms with Gasteiger partial charge in [0.2, 0.25) is 0 Å². The van der Waals surface area contributed by atoms with Crippen molar-refractivity contribution >= 4 is 11.6 Å². The molecule has 0 saturated heterocycles. The quantitative estimate of drug-likeness (QED) is 0.758. The molecule has 0 unspecified atom stereocenters. The van der Waals surface area contributed by atoms with Crippen molar-refractivity contribution in [1.82, 2.24) is 14.9 Å². The van der Waals surface area contributed by atoms with Gasteiger partial charge in [0.25, 0.3) is 5.91 Å². The lowest BCUT2D eigenvalue weighted by molar-refractivity contribution is 0.101. The summed E-state index contributed by atoms with van der Waals surface area (Å²) in [6.07, 6.45) is 1.74. The molecule has 2 aromatic heterocycles. The summed E-state index contributed by atoms with van der Waals surface area (Å²) >= 11 is 0. The molecule has 0 saturated carbocycles. The Labute approximate surface area is 151 Å². The zero-order valence-corrected chi connectivity index (χ0v) is 15.6. The van der Waals surface area contributed by atoms with Crippen LogP contribution in [0.15, 0.2) is 28.9 Å². The minimum Gasteiger partial charge on any atom is -0.488 e. The van der Waals surface area contributed by atoms with Gasteiger partial charge in [-0.25, -0.2) is 0 Å². The molecule has 26 heavy (non-hydrogen) atoms. The zero-order valence-electron chi connectivity index (χ0n) is 15.6. The van der Waals surface area contributed by atoms with E-state index in [1.165, 1.54) is 0 Å². The van der Waals surface area contributed by atoms with Gasteiger partial charge in [-0.2, -0.15) is 5.10 Å². The molecule has 3 rings (SSSR count). The number of benzene rings is 1. The molecule has 3 aromatic rings. The lowest BCUT2D eigenvalue weighted by Gasteiger charge is -2.11. The Balaban J connectivity index is 1.79. The first-order valence-electron chi connectivity index (χ1n) is 8.32. The summed E-state index contributed by atoms with van der Waals surface area (Å²) < 4.78 is 12.8. The lowest BCUT2D eigenvalue weighted by Crippen LogP contribution is -2.15. The summed E-state index contributed by atoms with van der Waals surface area (Å²) in [7, 11) is 1.80. The number of carbonyl (C=O) groups excluding carboxylic acids is 1. The van der Waals surface area contributed by atoms with Crippen molar-refractivity contribution in [3.63, 3.8) is 0 Å². The largest absolute Gasteiger partial charge is 0.488 e. The van der Waals surface area contributed by atoms with Crippen molar-refractivity contribution in [2.24, 2.45) is 7.05 Å². The van der Waals surface area contributed by atoms with Crippen LogP contribution >= 0.6 is 0 Å². The normalized spacial score (nSPS) is 10.8. The van der Waals surface area contributed by atoms with E-state index in [9.17, 15) is 4.79 Å². The second kappa shape index (κ2) is 7.03. The number of amides is 1. The van der Waals surface area contributed by atoms with Crippen LogP contribution in [0.1, 0.15) is 38.6 Å². The third kappa shape index (κ3) is 3.46. The average Bonchev–Trinajstić information content (AvgIpc) is 3.11. The molecular weight excluding hydrogens is 332 g/mol. The third-order valence-corrected chi connectivity index (χ3v) is 4.39. The van der Waals surface area contributed by atoms with Crippen molar-refractivity contribution in [2.45, 2.75) is 34.3 Å². The van der Waals surface area contributed by atoms with Crippen molar-refractivity contribution in [2.75, 3.05) is 5.32 Å². The number of nitrogens with one attached hydrogen (secondary N) is 1. The Hall–Kier alpha value is -3.09. The number of aromatic nitrogens is 3. The maximum atomic E-state index is 12.6. The predicted octanol–water partition coefficient (Wildman–Crippen LogP) is 3.47. The van der Waals surface area contributed by atoms with Gasteiger partial charge in [0.05, 0.1) is 16.9 Å². The van der Waals surface area contributed by atoms with E-state index in [0.717, 1.165) is 22.6 Å². The minimum absolute atomic E-state index is 0.203. The van der Waals surface area contributed by atoms with Crippen molar-refractivity contribution in [1.29, 1.82) is 0 Å². The van der Waals surface area contributed by atoms with Crippen LogP contribution in [0.5, 0.6) is 5.75 Å². The molecule has 136 valence electrons. The number of aryl methyl sites for hydroxylation is 4. The summed E-state index contributed by atoms with van der Waals surface area (Å²) in [6, 6.07) is 5.88. The first-order valence-corrected chi connectivity index (χ1v) is 8.32. The van der Waals surface area contributed by atoms with Gasteiger partial charge in [0.1, 0.15) is 18.1 Å². The highest BCUT2D eigenvalue weighted by molar-refractivity contribution is 6.04. The minimum atomic E-state index is -0.350. The molecule has 0 aliphatic heterocycles. The Morgan fingerprint density at radius 1 is 1.27 bits per heavy atom. The summed E-state index contributed by atoms with van der Waals surface area (Å²) in [6.45, 7) is 7.83. The predicted molar refractivity (Wildman–Crippen MR) is 97.4 cm³/mol. The van der Waals surface area contributed by atoms with Crippen LogP contribution in [0.3, 0.4) is 0 Å². The maximum Gasteiger partial charge on any atom is 0.278 e. The van der Waals surface area contributed by atoms with E-state index in [-0.39, 0.29) is 18.2 Å². The van der Waals surface area contributed by atoms with Crippen LogP contribution in [-0.4, -0.2) is 20.8 Å². The van der Waals surface area contributed by atoms with E-state index in [2.05, 4.69) is 15.6 Å². The van der Waals surface area contributed by atoms with Gasteiger partial charge in [0.15, 0.2) is 5.69 Å². The molecule has 0 atom stereocenters. The Kier molecular flexibility index (Phi) is 4.79. The molecule has 0 radical (unpaired) electrons. The lowest BCUT2D eigenvalue weighted by atomic mass is 10.1. The van der Waals surface area contributed by atoms with Gasteiger partial charge in [0, 0.05) is 13.2 Å². The standard InChI is InChI=1S/C19H22N4O3/c1-11-7-6-8-17(12(11)2)25-10-15-14(4)26-22-18(15)19(24)20-16-9-23(5)21-13(16)3/h6-9H,10H2,1-5H3,(H,20,24). The summed E-state index contributed by atoms with van der Waals surface area (Å²) in [5, 5.41) is 10.9. The molecule has 0 aliphatic carbocycles. The molecule has 7 heteroatoms. The topological polar surface area (TPSA) is 82.2 Å². The fourth-order valence-electron chi connectivity index (χ4n) is 2.67. The van der Waals surface area contributed by atoms with E-state index in [1.807, 2.05) is 39.0 Å². The van der Waals surface area contributed by atoms with Crippen molar-refractivity contribution in [3.8, 4) is 5.75 Å². The monoisotopic (exact) mass is 354 g/mol.